The Kier molecular flexibility index (Phi) is 5.93. The number of aromatic hydroxyl groups is 1. The van der Waals surface area contributed by atoms with Gasteiger partial charge in [-0.05, 0) is 62.1 Å². The second kappa shape index (κ2) is 9.56. The second-order valence-corrected chi connectivity index (χ2v) is 9.39. The molecule has 0 aliphatic heterocycles. The fourth-order valence-electron chi connectivity index (χ4n) is 4.50. The number of hydrogen-bond donors (Lipinski definition) is 4. The number of pyridine rings is 3. The molecule has 0 spiro atoms. The van der Waals surface area contributed by atoms with Gasteiger partial charge in [0.15, 0.2) is 0 Å². The van der Waals surface area contributed by atoms with E-state index in [1.165, 1.54) is 18.3 Å². The van der Waals surface area contributed by atoms with Gasteiger partial charge in [-0.3, -0.25) is 15.1 Å². The van der Waals surface area contributed by atoms with Gasteiger partial charge in [0.05, 0.1) is 34.8 Å². The summed E-state index contributed by atoms with van der Waals surface area (Å²) in [5.74, 6) is -0.250. The molecule has 1 aromatic carbocycles. The Morgan fingerprint density at radius 3 is 2.66 bits per heavy atom. The number of hydrogen-bond acceptors (Lipinski definition) is 7. The van der Waals surface area contributed by atoms with Crippen LogP contribution < -0.4 is 5.32 Å². The Balaban J connectivity index is 1.40. The summed E-state index contributed by atoms with van der Waals surface area (Å²) in [6.45, 7) is 1.53. The molecule has 4 N–H and O–H groups in total. The van der Waals surface area contributed by atoms with E-state index < -0.39 is 0 Å². The van der Waals surface area contributed by atoms with Crippen LogP contribution in [0.25, 0.3) is 55.7 Å². The zero-order valence-corrected chi connectivity index (χ0v) is 20.8. The number of nitrogens with one attached hydrogen (secondary N) is 3. The zero-order valence-electron chi connectivity index (χ0n) is 20.8. The van der Waals surface area contributed by atoms with Gasteiger partial charge in [-0.15, -0.1) is 0 Å². The first kappa shape index (κ1) is 23.6. The van der Waals surface area contributed by atoms with Gasteiger partial charge in [-0.1, -0.05) is 0 Å². The molecule has 0 aliphatic rings. The number of anilines is 1. The number of fused-ring (bicyclic) bond motifs is 2. The maximum Gasteiger partial charge on any atom is 0.135 e. The van der Waals surface area contributed by atoms with E-state index in [1.807, 2.05) is 38.4 Å². The molecule has 9 nitrogen and oxygen atoms in total. The summed E-state index contributed by atoms with van der Waals surface area (Å²) in [6, 6.07) is 12.3. The first-order valence-electron chi connectivity index (χ1n) is 12.1. The molecule has 5 heterocycles. The Morgan fingerprint density at radius 2 is 1.82 bits per heavy atom. The number of likely N-dealkylation sites (N-methyl/N-ethyl adjacent to an activating group) is 1. The van der Waals surface area contributed by atoms with E-state index in [0.717, 1.165) is 39.8 Å². The molecule has 0 aliphatic carbocycles. The molecule has 0 saturated carbocycles. The number of halogens is 1. The molecular formula is C28H25FN8O. The van der Waals surface area contributed by atoms with Crippen molar-refractivity contribution in [2.75, 3.05) is 32.5 Å². The molecule has 5 aromatic heterocycles. The quantitative estimate of drug-likeness (QED) is 0.238. The van der Waals surface area contributed by atoms with Crippen LogP contribution in [0.2, 0.25) is 0 Å². The van der Waals surface area contributed by atoms with Crippen LogP contribution in [0.3, 0.4) is 0 Å². The summed E-state index contributed by atoms with van der Waals surface area (Å²) in [4.78, 5) is 18.7. The second-order valence-electron chi connectivity index (χ2n) is 9.39. The van der Waals surface area contributed by atoms with Crippen molar-refractivity contribution in [2.24, 2.45) is 0 Å². The fourth-order valence-corrected chi connectivity index (χ4v) is 4.50. The van der Waals surface area contributed by atoms with Crippen molar-refractivity contribution in [1.82, 2.24) is 35.0 Å². The van der Waals surface area contributed by atoms with E-state index in [2.05, 4.69) is 35.4 Å². The predicted molar refractivity (Wildman–Crippen MR) is 146 cm³/mol. The zero-order chi connectivity index (χ0) is 26.2. The maximum atomic E-state index is 14.6. The van der Waals surface area contributed by atoms with E-state index in [9.17, 15) is 9.50 Å². The van der Waals surface area contributed by atoms with E-state index >= 15 is 0 Å². The molecule has 0 amide bonds. The van der Waals surface area contributed by atoms with Gasteiger partial charge in [-0.25, -0.2) is 9.37 Å². The molecular weight excluding hydrogens is 483 g/mol. The number of aromatic nitrogens is 6. The molecule has 190 valence electrons. The monoisotopic (exact) mass is 508 g/mol. The summed E-state index contributed by atoms with van der Waals surface area (Å²) in [7, 11) is 3.99. The molecule has 6 rings (SSSR count). The van der Waals surface area contributed by atoms with Crippen LogP contribution in [0.15, 0.2) is 67.3 Å². The smallest absolute Gasteiger partial charge is 0.135 e. The highest BCUT2D eigenvalue weighted by atomic mass is 19.1. The lowest BCUT2D eigenvalue weighted by Crippen LogP contribution is -2.20. The first-order valence-corrected chi connectivity index (χ1v) is 12.1. The van der Waals surface area contributed by atoms with Crippen LogP contribution in [-0.2, 0) is 0 Å². The average Bonchev–Trinajstić information content (AvgIpc) is 3.51. The minimum absolute atomic E-state index is 0.0702. The van der Waals surface area contributed by atoms with Crippen molar-refractivity contribution in [3.8, 4) is 39.5 Å². The molecule has 0 radical (unpaired) electrons. The highest BCUT2D eigenvalue weighted by molar-refractivity contribution is 6.00. The minimum Gasteiger partial charge on any atom is -0.506 e. The number of rotatable bonds is 7. The fraction of sp³-hybridized carbons (Fsp3) is 0.143. The Morgan fingerprint density at radius 1 is 0.947 bits per heavy atom. The van der Waals surface area contributed by atoms with E-state index in [1.54, 1.807) is 24.7 Å². The third kappa shape index (κ3) is 4.53. The van der Waals surface area contributed by atoms with Crippen molar-refractivity contribution in [3.05, 3.63) is 73.1 Å². The van der Waals surface area contributed by atoms with Crippen LogP contribution in [0.4, 0.5) is 10.1 Å². The lowest BCUT2D eigenvalue weighted by Gasteiger charge is -2.13. The van der Waals surface area contributed by atoms with Crippen molar-refractivity contribution in [1.29, 1.82) is 0 Å². The van der Waals surface area contributed by atoms with E-state index in [4.69, 9.17) is 4.98 Å². The summed E-state index contributed by atoms with van der Waals surface area (Å²) < 4.78 is 14.6. The van der Waals surface area contributed by atoms with Gasteiger partial charge in [-0.2, -0.15) is 5.10 Å². The Hall–Kier alpha value is -4.83. The molecule has 0 fully saturated rings. The largest absolute Gasteiger partial charge is 0.506 e. The number of aromatic amines is 2. The van der Waals surface area contributed by atoms with Gasteiger partial charge in [0, 0.05) is 47.7 Å². The Bertz CT molecular complexity index is 1770. The molecule has 6 aromatic rings. The molecule has 0 unspecified atom stereocenters. The van der Waals surface area contributed by atoms with Crippen molar-refractivity contribution in [3.63, 3.8) is 0 Å². The first-order chi connectivity index (χ1) is 18.4. The lowest BCUT2D eigenvalue weighted by atomic mass is 10.0. The summed E-state index contributed by atoms with van der Waals surface area (Å²) in [6.07, 6.45) is 6.51. The van der Waals surface area contributed by atoms with Gasteiger partial charge in [0.2, 0.25) is 0 Å². The van der Waals surface area contributed by atoms with Gasteiger partial charge in [0.25, 0.3) is 0 Å². The predicted octanol–water partition coefficient (Wildman–Crippen LogP) is 5.05. The molecule has 10 heteroatoms. The molecule has 0 atom stereocenters. The number of benzene rings is 1. The van der Waals surface area contributed by atoms with Crippen molar-refractivity contribution in [2.45, 2.75) is 0 Å². The van der Waals surface area contributed by atoms with E-state index in [-0.39, 0.29) is 11.6 Å². The van der Waals surface area contributed by atoms with Crippen molar-refractivity contribution >= 4 is 27.6 Å². The van der Waals surface area contributed by atoms with Crippen LogP contribution in [0.1, 0.15) is 0 Å². The standard InChI is InChI=1S/C28H25FN8O/c1-37(2)6-5-32-19-8-16(7-18(29)10-19)22-14-31-15-26-21(22)11-25(33-26)28-27-24(35-36-28)4-3-23(34-27)17-9-20(38)13-30-12-17/h3-4,7-15,32-33,38H,5-6H2,1-2H3,(H,35,36). The van der Waals surface area contributed by atoms with Crippen LogP contribution >= 0.6 is 0 Å². The van der Waals surface area contributed by atoms with E-state index in [0.29, 0.717) is 34.7 Å². The highest BCUT2D eigenvalue weighted by Gasteiger charge is 2.16. The third-order valence-corrected chi connectivity index (χ3v) is 6.32. The van der Waals surface area contributed by atoms with Gasteiger partial charge in [0.1, 0.15) is 22.8 Å². The third-order valence-electron chi connectivity index (χ3n) is 6.32. The topological polar surface area (TPSA) is 119 Å². The van der Waals surface area contributed by atoms with Gasteiger partial charge >= 0.3 is 0 Å². The lowest BCUT2D eigenvalue weighted by molar-refractivity contribution is 0.425. The SMILES string of the molecule is CN(C)CCNc1cc(F)cc(-c2cncc3[nH]c(-c4n[nH]c5ccc(-c6cncc(O)c6)nc45)cc23)c1. The van der Waals surface area contributed by atoms with Crippen LogP contribution in [0.5, 0.6) is 5.75 Å². The normalized spacial score (nSPS) is 11.6. The highest BCUT2D eigenvalue weighted by Crippen LogP contribution is 2.35. The van der Waals surface area contributed by atoms with Crippen molar-refractivity contribution < 1.29 is 9.50 Å². The Labute approximate surface area is 217 Å². The molecule has 38 heavy (non-hydrogen) atoms. The summed E-state index contributed by atoms with van der Waals surface area (Å²) >= 11 is 0. The summed E-state index contributed by atoms with van der Waals surface area (Å²) in [5, 5.41) is 21.6. The molecule has 0 bridgehead atoms. The average molecular weight is 509 g/mol. The summed E-state index contributed by atoms with van der Waals surface area (Å²) in [5.41, 5.74) is 7.24. The number of H-pyrrole nitrogens is 2. The van der Waals surface area contributed by atoms with Crippen LogP contribution in [-0.4, -0.2) is 67.3 Å². The van der Waals surface area contributed by atoms with Crippen LogP contribution in [0, 0.1) is 5.82 Å². The molecule has 0 saturated heterocycles. The maximum absolute atomic E-state index is 14.6. The minimum atomic E-state index is -0.320. The number of nitrogens with zero attached hydrogens (tertiary/aromatic N) is 5. The van der Waals surface area contributed by atoms with Gasteiger partial charge < -0.3 is 20.3 Å².